The number of rotatable bonds is 15. The highest BCUT2D eigenvalue weighted by Gasteiger charge is 2.42. The van der Waals surface area contributed by atoms with Gasteiger partial charge in [-0.25, -0.2) is 28.9 Å². The number of hydrogen-bond acceptors (Lipinski definition) is 13. The van der Waals surface area contributed by atoms with Gasteiger partial charge in [-0.1, -0.05) is 26.8 Å². The Kier molecular flexibility index (Phi) is 14.9. The molecule has 6 atom stereocenters. The van der Waals surface area contributed by atoms with Crippen molar-refractivity contribution in [2.24, 2.45) is 11.8 Å². The number of alkyl carbamates (subject to hydrolysis) is 2. The third-order valence-corrected chi connectivity index (χ3v) is 15.4. The molecule has 5 unspecified atom stereocenters. The average molecular weight is 1040 g/mol. The molecule has 2 saturated heterocycles. The lowest BCUT2D eigenvalue weighted by Crippen LogP contribution is -2.54. The summed E-state index contributed by atoms with van der Waals surface area (Å²) in [5.74, 6) is 0.0323. The molecule has 0 radical (unpaired) electrons. The molecule has 5 N–H and O–H groups in total. The lowest BCUT2D eigenvalue weighted by molar-refractivity contribution is -0.138. The number of thiazole rings is 1. The standard InChI is InChI=1S/C53H65FN10O9S/c1-10-15-62(47(65)44(27(2)3)60-51(67)70-8)26-42-55-23-36(58-42)31-20-34(54)43-39-21-32-19-30(13-14-37(32)64(39)49(73-40(43)22-31)41-25-57-50(74-41)53(6,7)69)35-24-56-46(59-35)38-12-11-16-63(38)48(66)45(61-52(68)71-9)33-17-28(4)72-29(5)18-33/h13-14,19-25,27-29,33,38,44-45,49,69H,10-12,15-18,26H2,1-9H3,(H,55,58)(H,56,59)(H,60,67)(H,61,68)/t28?,29?,33?,38?,44-,45?,49?/m0/s1. The van der Waals surface area contributed by atoms with Crippen molar-refractivity contribution in [1.29, 1.82) is 0 Å². The second kappa shape index (κ2) is 21.2. The SMILES string of the molecule is CCCN(Cc1ncc(-c2cc(F)c3c(c2)OC(c2cnc(C(C)(C)O)s2)n2c-3cc3cc(-c4cnc(C5CCCN5C(=O)C(NC(=O)OC)C5CC(C)OC(C)C5)[nH]4)ccc32)[nH]1)C(=O)[C@@H](NC(=O)OC)C(C)C. The number of fused-ring (bicyclic) bond motifs is 5. The number of H-pyrrole nitrogens is 2. The zero-order chi connectivity index (χ0) is 52.7. The van der Waals surface area contributed by atoms with Gasteiger partial charge in [-0.2, -0.15) is 0 Å². The van der Waals surface area contributed by atoms with Crippen molar-refractivity contribution < 1.29 is 47.6 Å². The van der Waals surface area contributed by atoms with Gasteiger partial charge in [0.15, 0.2) is 0 Å². The molecule has 3 aliphatic heterocycles. The zero-order valence-electron chi connectivity index (χ0n) is 43.2. The van der Waals surface area contributed by atoms with Gasteiger partial charge in [0.25, 0.3) is 0 Å². The molecule has 7 heterocycles. The van der Waals surface area contributed by atoms with Gasteiger partial charge in [0.05, 0.1) is 84.4 Å². The largest absolute Gasteiger partial charge is 0.464 e. The second-order valence-electron chi connectivity index (χ2n) is 20.4. The molecule has 2 fully saturated rings. The van der Waals surface area contributed by atoms with Gasteiger partial charge in [-0.15, -0.1) is 11.3 Å². The number of ether oxygens (including phenoxy) is 4. The molecule has 0 saturated carbocycles. The summed E-state index contributed by atoms with van der Waals surface area (Å²) in [6.45, 7) is 14.0. The molecule has 74 heavy (non-hydrogen) atoms. The number of aromatic amines is 2. The second-order valence-corrected chi connectivity index (χ2v) is 21.5. The number of imidazole rings is 2. The van der Waals surface area contributed by atoms with Crippen LogP contribution >= 0.6 is 11.3 Å². The average Bonchev–Trinajstić information content (AvgIpc) is 4.23. The number of nitrogens with zero attached hydrogens (tertiary/aromatic N) is 6. The fraction of sp³-hybridized carbons (Fsp3) is 0.491. The minimum Gasteiger partial charge on any atom is -0.464 e. The third-order valence-electron chi connectivity index (χ3n) is 14.1. The van der Waals surface area contributed by atoms with Crippen LogP contribution in [-0.4, -0.2) is 120 Å². The van der Waals surface area contributed by atoms with Crippen LogP contribution in [0.5, 0.6) is 5.75 Å². The summed E-state index contributed by atoms with van der Waals surface area (Å²) < 4.78 is 41.4. The summed E-state index contributed by atoms with van der Waals surface area (Å²) in [4.78, 5) is 77.7. The molecule has 2 aromatic carbocycles. The number of carbonyl (C=O) groups excluding carboxylic acids is 4. The summed E-state index contributed by atoms with van der Waals surface area (Å²) in [5, 5.41) is 17.7. The summed E-state index contributed by atoms with van der Waals surface area (Å²) >= 11 is 1.30. The number of carbonyl (C=O) groups is 4. The quantitative estimate of drug-likeness (QED) is 0.0651. The molecule has 3 aliphatic rings. The first kappa shape index (κ1) is 52.0. The van der Waals surface area contributed by atoms with E-state index in [1.807, 2.05) is 68.4 Å². The predicted octanol–water partition coefficient (Wildman–Crippen LogP) is 8.56. The van der Waals surface area contributed by atoms with Crippen molar-refractivity contribution in [3.05, 3.63) is 82.3 Å². The van der Waals surface area contributed by atoms with E-state index in [2.05, 4.69) is 30.6 Å². The monoisotopic (exact) mass is 1040 g/mol. The van der Waals surface area contributed by atoms with E-state index in [9.17, 15) is 24.3 Å². The van der Waals surface area contributed by atoms with Crippen molar-refractivity contribution in [3.63, 3.8) is 0 Å². The number of nitrogens with one attached hydrogen (secondary N) is 4. The van der Waals surface area contributed by atoms with E-state index in [0.29, 0.717) is 77.3 Å². The minimum absolute atomic E-state index is 0.0656. The van der Waals surface area contributed by atoms with Gasteiger partial charge in [0, 0.05) is 35.8 Å². The van der Waals surface area contributed by atoms with Crippen LogP contribution in [0.3, 0.4) is 0 Å². The first-order chi connectivity index (χ1) is 35.3. The molecule has 0 aliphatic carbocycles. The Morgan fingerprint density at radius 1 is 0.959 bits per heavy atom. The normalized spacial score (nSPS) is 20.4. The molecular weight excluding hydrogens is 972 g/mol. The lowest BCUT2D eigenvalue weighted by Gasteiger charge is -2.38. The van der Waals surface area contributed by atoms with Crippen LogP contribution in [-0.2, 0) is 35.9 Å². The highest BCUT2D eigenvalue weighted by molar-refractivity contribution is 7.11. The molecule has 6 aromatic rings. The Hall–Kier alpha value is -6.84. The van der Waals surface area contributed by atoms with Crippen LogP contribution in [0.25, 0.3) is 44.7 Å². The van der Waals surface area contributed by atoms with Gasteiger partial charge in [0.1, 0.15) is 45.9 Å². The number of likely N-dealkylation sites (tertiary alicyclic amines) is 1. The van der Waals surface area contributed by atoms with E-state index in [0.717, 1.165) is 28.6 Å². The Morgan fingerprint density at radius 3 is 2.36 bits per heavy atom. The van der Waals surface area contributed by atoms with Crippen LogP contribution in [0.1, 0.15) is 114 Å². The van der Waals surface area contributed by atoms with E-state index < -0.39 is 41.9 Å². The van der Waals surface area contributed by atoms with Gasteiger partial charge in [0.2, 0.25) is 18.0 Å². The van der Waals surface area contributed by atoms with Crippen molar-refractivity contribution in [1.82, 2.24) is 49.9 Å². The summed E-state index contributed by atoms with van der Waals surface area (Å²) in [6.07, 6.45) is 6.09. The highest BCUT2D eigenvalue weighted by Crippen LogP contribution is 2.48. The van der Waals surface area contributed by atoms with Crippen molar-refractivity contribution in [2.45, 2.75) is 129 Å². The van der Waals surface area contributed by atoms with Crippen molar-refractivity contribution in [3.8, 4) is 39.5 Å². The first-order valence-corrected chi connectivity index (χ1v) is 26.0. The number of aliphatic hydroxyl groups is 1. The minimum atomic E-state index is -1.22. The molecular formula is C53H65FN10O9S. The molecule has 19 nitrogen and oxygen atoms in total. The smallest absolute Gasteiger partial charge is 0.407 e. The maximum absolute atomic E-state index is 16.9. The molecule has 9 rings (SSSR count). The fourth-order valence-electron chi connectivity index (χ4n) is 10.6. The molecule has 4 aromatic heterocycles. The molecule has 4 amide bonds. The molecule has 21 heteroatoms. The van der Waals surface area contributed by atoms with Crippen LogP contribution < -0.4 is 15.4 Å². The highest BCUT2D eigenvalue weighted by atomic mass is 32.1. The maximum atomic E-state index is 16.9. The molecule has 394 valence electrons. The lowest BCUT2D eigenvalue weighted by atomic mass is 9.85. The van der Waals surface area contributed by atoms with Gasteiger partial charge in [-0.05, 0) is 102 Å². The van der Waals surface area contributed by atoms with Crippen molar-refractivity contribution in [2.75, 3.05) is 27.3 Å². The summed E-state index contributed by atoms with van der Waals surface area (Å²) in [6, 6.07) is 9.09. The predicted molar refractivity (Wildman–Crippen MR) is 274 cm³/mol. The van der Waals surface area contributed by atoms with Crippen LogP contribution in [0.15, 0.2) is 55.0 Å². The Bertz CT molecular complexity index is 3040. The van der Waals surface area contributed by atoms with E-state index in [1.54, 1.807) is 43.4 Å². The number of benzene rings is 2. The Labute approximate surface area is 432 Å². The number of hydrogen-bond donors (Lipinski definition) is 5. The molecule has 0 bridgehead atoms. The topological polar surface area (TPSA) is 231 Å². The zero-order valence-corrected chi connectivity index (χ0v) is 44.0. The molecule has 0 spiro atoms. The van der Waals surface area contributed by atoms with E-state index in [4.69, 9.17) is 23.9 Å². The Balaban J connectivity index is 1.02. The van der Waals surface area contributed by atoms with Gasteiger partial charge in [-0.3, -0.25) is 14.2 Å². The van der Waals surface area contributed by atoms with Crippen LogP contribution in [0.4, 0.5) is 14.0 Å². The Morgan fingerprint density at radius 2 is 1.68 bits per heavy atom. The third kappa shape index (κ3) is 10.5. The number of amides is 4. The van der Waals surface area contributed by atoms with Gasteiger partial charge < -0.3 is 54.5 Å². The maximum Gasteiger partial charge on any atom is 0.407 e. The number of methoxy groups -OCH3 is 2. The van der Waals surface area contributed by atoms with Crippen molar-refractivity contribution >= 4 is 46.2 Å². The van der Waals surface area contributed by atoms with Crippen LogP contribution in [0, 0.1) is 17.7 Å². The fourth-order valence-corrected chi connectivity index (χ4v) is 11.6. The number of halogens is 1. The first-order valence-electron chi connectivity index (χ1n) is 25.2. The van der Waals surface area contributed by atoms with Gasteiger partial charge >= 0.3 is 12.2 Å². The summed E-state index contributed by atoms with van der Waals surface area (Å²) in [5.41, 5.74) is 2.88. The van der Waals surface area contributed by atoms with E-state index >= 15 is 4.39 Å². The number of aromatic nitrogens is 6. The summed E-state index contributed by atoms with van der Waals surface area (Å²) in [7, 11) is 2.54. The van der Waals surface area contributed by atoms with E-state index in [1.165, 1.54) is 31.6 Å². The van der Waals surface area contributed by atoms with Crippen LogP contribution in [0.2, 0.25) is 0 Å². The van der Waals surface area contributed by atoms with E-state index in [-0.39, 0.29) is 59.8 Å².